The third-order valence-corrected chi connectivity index (χ3v) is 6.02. The van der Waals surface area contributed by atoms with Crippen LogP contribution in [0.5, 0.6) is 0 Å². The molecule has 0 unspecified atom stereocenters. The van der Waals surface area contributed by atoms with E-state index in [2.05, 4.69) is 15.5 Å². The number of halogens is 2. The smallest absolute Gasteiger partial charge is 0.213 e. The van der Waals surface area contributed by atoms with Crippen LogP contribution >= 0.6 is 0 Å². The Morgan fingerprint density at radius 1 is 1.12 bits per heavy atom. The van der Waals surface area contributed by atoms with E-state index in [-0.39, 0.29) is 5.75 Å². The molecule has 1 saturated heterocycles. The fourth-order valence-electron chi connectivity index (χ4n) is 2.67. The van der Waals surface area contributed by atoms with Gasteiger partial charge in [-0.3, -0.25) is 4.90 Å². The minimum Gasteiger partial charge on any atom is -0.293 e. The second-order valence-electron chi connectivity index (χ2n) is 5.68. The van der Waals surface area contributed by atoms with Crippen LogP contribution in [0.4, 0.5) is 8.78 Å². The van der Waals surface area contributed by atoms with Crippen LogP contribution in [0.15, 0.2) is 18.2 Å². The Labute approximate surface area is 144 Å². The summed E-state index contributed by atoms with van der Waals surface area (Å²) in [6.07, 6.45) is 0. The van der Waals surface area contributed by atoms with Gasteiger partial charge in [-0.05, 0) is 29.5 Å². The van der Waals surface area contributed by atoms with Crippen LogP contribution in [-0.4, -0.2) is 69.8 Å². The van der Waals surface area contributed by atoms with E-state index < -0.39 is 21.7 Å². The lowest BCUT2D eigenvalue weighted by atomic mass is 10.3. The van der Waals surface area contributed by atoms with Gasteiger partial charge in [0.2, 0.25) is 10.0 Å². The number of piperazine rings is 1. The molecule has 1 aliphatic rings. The largest absolute Gasteiger partial charge is 0.293 e. The minimum absolute atomic E-state index is 0.0847. The Kier molecular flexibility index (Phi) is 5.06. The van der Waals surface area contributed by atoms with Crippen molar-refractivity contribution in [1.29, 1.82) is 0 Å². The number of hydrogen-bond acceptors (Lipinski definition) is 6. The average Bonchev–Trinajstić information content (AvgIpc) is 3.06. The molecule has 11 heteroatoms. The lowest BCUT2D eigenvalue weighted by molar-refractivity contribution is 0.177. The van der Waals surface area contributed by atoms with Crippen molar-refractivity contribution in [3.63, 3.8) is 0 Å². The number of sulfonamides is 1. The van der Waals surface area contributed by atoms with Crippen LogP contribution in [-0.2, 0) is 16.6 Å². The van der Waals surface area contributed by atoms with E-state index in [1.54, 1.807) is 6.92 Å². The molecule has 25 heavy (non-hydrogen) atoms. The molecule has 0 spiro atoms. The van der Waals surface area contributed by atoms with E-state index in [1.165, 1.54) is 15.1 Å². The van der Waals surface area contributed by atoms with Crippen molar-refractivity contribution in [1.82, 2.24) is 29.4 Å². The Hall–Kier alpha value is -1.98. The number of aromatic nitrogens is 4. The SMILES string of the molecule is CCS(=O)(=O)N1CCN(Cc2nnnn2-c2ccc(F)c(F)c2)CC1. The fraction of sp³-hybridized carbons (Fsp3) is 0.500. The first-order valence-electron chi connectivity index (χ1n) is 7.83. The van der Waals surface area contributed by atoms with Gasteiger partial charge in [0.25, 0.3) is 0 Å². The molecular weight excluding hydrogens is 354 g/mol. The van der Waals surface area contributed by atoms with Crippen LogP contribution in [0, 0.1) is 11.6 Å². The van der Waals surface area contributed by atoms with E-state index in [9.17, 15) is 17.2 Å². The van der Waals surface area contributed by atoms with Crippen molar-refractivity contribution < 1.29 is 17.2 Å². The fourth-order valence-corrected chi connectivity index (χ4v) is 3.75. The molecule has 8 nitrogen and oxygen atoms in total. The molecule has 0 amide bonds. The van der Waals surface area contributed by atoms with E-state index in [1.807, 2.05) is 4.90 Å². The third-order valence-electron chi connectivity index (χ3n) is 4.14. The normalized spacial score (nSPS) is 17.1. The third kappa shape index (κ3) is 3.83. The highest BCUT2D eigenvalue weighted by molar-refractivity contribution is 7.89. The summed E-state index contributed by atoms with van der Waals surface area (Å²) in [6.45, 7) is 3.91. The summed E-state index contributed by atoms with van der Waals surface area (Å²) >= 11 is 0. The Bertz CT molecular complexity index is 849. The van der Waals surface area contributed by atoms with Crippen molar-refractivity contribution >= 4 is 10.0 Å². The Morgan fingerprint density at radius 3 is 2.48 bits per heavy atom. The summed E-state index contributed by atoms with van der Waals surface area (Å²) < 4.78 is 53.1. The van der Waals surface area contributed by atoms with Gasteiger partial charge in [0.05, 0.1) is 18.0 Å². The Balaban J connectivity index is 1.69. The van der Waals surface area contributed by atoms with Crippen molar-refractivity contribution in [2.75, 3.05) is 31.9 Å². The van der Waals surface area contributed by atoms with Gasteiger partial charge in [0.1, 0.15) is 0 Å². The van der Waals surface area contributed by atoms with E-state index >= 15 is 0 Å². The van der Waals surface area contributed by atoms with Crippen LogP contribution in [0.25, 0.3) is 5.69 Å². The average molecular weight is 372 g/mol. The van der Waals surface area contributed by atoms with Gasteiger partial charge in [-0.25, -0.2) is 17.2 Å². The van der Waals surface area contributed by atoms with Gasteiger partial charge in [-0.15, -0.1) is 5.10 Å². The zero-order chi connectivity index (χ0) is 18.0. The van der Waals surface area contributed by atoms with Gasteiger partial charge in [-0.1, -0.05) is 0 Å². The quantitative estimate of drug-likeness (QED) is 0.756. The topological polar surface area (TPSA) is 84.2 Å². The van der Waals surface area contributed by atoms with Crippen molar-refractivity contribution in [3.8, 4) is 5.69 Å². The van der Waals surface area contributed by atoms with Crippen LogP contribution in [0.1, 0.15) is 12.7 Å². The first-order chi connectivity index (χ1) is 11.9. The lowest BCUT2D eigenvalue weighted by Crippen LogP contribution is -2.48. The van der Waals surface area contributed by atoms with Crippen LogP contribution < -0.4 is 0 Å². The number of rotatable bonds is 5. The summed E-state index contributed by atoms with van der Waals surface area (Å²) in [5, 5.41) is 11.4. The molecule has 1 aromatic heterocycles. The maximum atomic E-state index is 13.4. The summed E-state index contributed by atoms with van der Waals surface area (Å²) in [7, 11) is -3.18. The number of tetrazole rings is 1. The molecule has 136 valence electrons. The highest BCUT2D eigenvalue weighted by atomic mass is 32.2. The van der Waals surface area contributed by atoms with Crippen molar-refractivity contribution in [2.24, 2.45) is 0 Å². The number of benzene rings is 1. The Morgan fingerprint density at radius 2 is 1.84 bits per heavy atom. The zero-order valence-corrected chi connectivity index (χ0v) is 14.5. The molecule has 1 fully saturated rings. The number of nitrogens with zero attached hydrogens (tertiary/aromatic N) is 6. The molecule has 0 atom stereocenters. The maximum absolute atomic E-state index is 13.4. The standard InChI is InChI=1S/C14H18F2N6O2S/c1-2-25(23,24)21-7-5-20(6-8-21)10-14-17-18-19-22(14)11-3-4-12(15)13(16)9-11/h3-4,9H,2,5-8,10H2,1H3. The van der Waals surface area contributed by atoms with Crippen molar-refractivity contribution in [3.05, 3.63) is 35.7 Å². The molecule has 0 radical (unpaired) electrons. The highest BCUT2D eigenvalue weighted by Crippen LogP contribution is 2.15. The molecule has 0 aliphatic carbocycles. The molecule has 3 rings (SSSR count). The van der Waals surface area contributed by atoms with Crippen LogP contribution in [0.2, 0.25) is 0 Å². The van der Waals surface area contributed by atoms with Gasteiger partial charge in [0, 0.05) is 32.2 Å². The van der Waals surface area contributed by atoms with E-state index in [0.717, 1.165) is 12.1 Å². The second kappa shape index (κ2) is 7.10. The number of hydrogen-bond donors (Lipinski definition) is 0. The molecule has 2 heterocycles. The van der Waals surface area contributed by atoms with E-state index in [0.29, 0.717) is 44.2 Å². The first kappa shape index (κ1) is 17.8. The molecule has 0 bridgehead atoms. The second-order valence-corrected chi connectivity index (χ2v) is 7.94. The molecule has 1 aromatic carbocycles. The summed E-state index contributed by atoms with van der Waals surface area (Å²) in [4.78, 5) is 2.02. The minimum atomic E-state index is -3.18. The molecular formula is C14H18F2N6O2S. The zero-order valence-electron chi connectivity index (χ0n) is 13.6. The monoisotopic (exact) mass is 372 g/mol. The molecule has 1 aliphatic heterocycles. The maximum Gasteiger partial charge on any atom is 0.213 e. The van der Waals surface area contributed by atoms with Gasteiger partial charge < -0.3 is 0 Å². The van der Waals surface area contributed by atoms with E-state index in [4.69, 9.17) is 0 Å². The summed E-state index contributed by atoms with van der Waals surface area (Å²) in [5.74, 6) is -1.36. The predicted molar refractivity (Wildman–Crippen MR) is 85.4 cm³/mol. The summed E-state index contributed by atoms with van der Waals surface area (Å²) in [5.41, 5.74) is 0.325. The highest BCUT2D eigenvalue weighted by Gasteiger charge is 2.26. The van der Waals surface area contributed by atoms with Crippen LogP contribution in [0.3, 0.4) is 0 Å². The molecule has 2 aromatic rings. The van der Waals surface area contributed by atoms with Crippen molar-refractivity contribution in [2.45, 2.75) is 13.5 Å². The molecule has 0 N–H and O–H groups in total. The van der Waals surface area contributed by atoms with Gasteiger partial charge in [-0.2, -0.15) is 8.99 Å². The summed E-state index contributed by atoms with van der Waals surface area (Å²) in [6, 6.07) is 3.44. The van der Waals surface area contributed by atoms with Gasteiger partial charge in [0.15, 0.2) is 17.5 Å². The van der Waals surface area contributed by atoms with Gasteiger partial charge >= 0.3 is 0 Å². The predicted octanol–water partition coefficient (Wildman–Crippen LogP) is 0.408. The lowest BCUT2D eigenvalue weighted by Gasteiger charge is -2.33. The first-order valence-corrected chi connectivity index (χ1v) is 9.44. The molecule has 0 saturated carbocycles.